The maximum absolute atomic E-state index is 3.54. The average Bonchev–Trinajstić information content (AvgIpc) is 2.76. The van der Waals surface area contributed by atoms with E-state index in [0.29, 0.717) is 5.41 Å². The summed E-state index contributed by atoms with van der Waals surface area (Å²) in [6.45, 7) is 2.25. The van der Waals surface area contributed by atoms with Crippen LogP contribution in [0.3, 0.4) is 0 Å². The molecule has 4 aliphatic carbocycles. The minimum absolute atomic E-state index is 0.556. The predicted molar refractivity (Wildman–Crippen MR) is 80.7 cm³/mol. The van der Waals surface area contributed by atoms with Crippen LogP contribution in [-0.4, -0.2) is 11.1 Å². The van der Waals surface area contributed by atoms with Crippen molar-refractivity contribution >= 4 is 0 Å². The van der Waals surface area contributed by atoms with E-state index >= 15 is 0 Å². The van der Waals surface area contributed by atoms with E-state index < -0.39 is 0 Å². The minimum Gasteiger partial charge on any atom is -0.351 e. The van der Waals surface area contributed by atoms with E-state index in [4.69, 9.17) is 0 Å². The normalized spacial score (nSPS) is 42.0. The second kappa shape index (κ2) is 3.91. The highest BCUT2D eigenvalue weighted by atomic mass is 15.0. The van der Waals surface area contributed by atoms with Crippen molar-refractivity contribution in [1.82, 2.24) is 9.88 Å². The first-order valence-electron chi connectivity index (χ1n) is 8.62. The molecular weight excluding hydrogens is 244 g/mol. The molecule has 2 heteroatoms. The number of hydrogen-bond donors (Lipinski definition) is 1. The molecule has 0 aromatic carbocycles. The molecule has 6 rings (SSSR count). The smallest absolute Gasteiger partial charge is 0.0240 e. The first kappa shape index (κ1) is 11.9. The standard InChI is InChI=1S/C18H26N2/c1-20-16-2-3-19-11-15(16)7-17(20)18-8-12-4-13(9-18)6-14(5-12)10-18/h7,12-14,19H,2-6,8-11H2,1H3. The van der Waals surface area contributed by atoms with Gasteiger partial charge in [0.2, 0.25) is 0 Å². The highest BCUT2D eigenvalue weighted by molar-refractivity contribution is 5.36. The molecule has 2 nitrogen and oxygen atoms in total. The van der Waals surface area contributed by atoms with Crippen molar-refractivity contribution in [1.29, 1.82) is 0 Å². The SMILES string of the molecule is Cn1c(C23CC4CC(CC(C4)C2)C3)cc2c1CCNC2. The highest BCUT2D eigenvalue weighted by Gasteiger charge is 2.52. The van der Waals surface area contributed by atoms with Crippen LogP contribution in [-0.2, 0) is 25.4 Å². The van der Waals surface area contributed by atoms with E-state index in [-0.39, 0.29) is 0 Å². The summed E-state index contributed by atoms with van der Waals surface area (Å²) in [5.41, 5.74) is 5.46. The summed E-state index contributed by atoms with van der Waals surface area (Å²) in [5.74, 6) is 3.14. The minimum atomic E-state index is 0.556. The summed E-state index contributed by atoms with van der Waals surface area (Å²) in [5, 5.41) is 3.54. The number of aromatic nitrogens is 1. The van der Waals surface area contributed by atoms with Gasteiger partial charge in [0.05, 0.1) is 0 Å². The Morgan fingerprint density at radius 2 is 1.75 bits per heavy atom. The van der Waals surface area contributed by atoms with Crippen LogP contribution in [0.4, 0.5) is 0 Å². The molecule has 1 aliphatic heterocycles. The van der Waals surface area contributed by atoms with E-state index in [9.17, 15) is 0 Å². The third-order valence-electron chi connectivity index (χ3n) is 6.88. The lowest BCUT2D eigenvalue weighted by Gasteiger charge is -2.57. The van der Waals surface area contributed by atoms with Crippen LogP contribution in [0.25, 0.3) is 0 Å². The molecule has 1 aromatic rings. The number of nitrogens with one attached hydrogen (secondary N) is 1. The maximum atomic E-state index is 3.54. The summed E-state index contributed by atoms with van der Waals surface area (Å²) in [6.07, 6.45) is 10.3. The molecule has 108 valence electrons. The van der Waals surface area contributed by atoms with Gasteiger partial charge in [-0.15, -0.1) is 0 Å². The van der Waals surface area contributed by atoms with Crippen molar-refractivity contribution in [2.75, 3.05) is 6.54 Å². The Bertz CT molecular complexity index is 519. The lowest BCUT2D eigenvalue weighted by Crippen LogP contribution is -2.49. The zero-order valence-electron chi connectivity index (χ0n) is 12.6. The van der Waals surface area contributed by atoms with Gasteiger partial charge in [-0.1, -0.05) is 0 Å². The number of rotatable bonds is 1. The Morgan fingerprint density at radius 3 is 2.35 bits per heavy atom. The van der Waals surface area contributed by atoms with Crippen LogP contribution in [0.15, 0.2) is 6.07 Å². The zero-order valence-corrected chi connectivity index (χ0v) is 12.6. The fourth-order valence-electron chi connectivity index (χ4n) is 6.55. The Hall–Kier alpha value is -0.760. The van der Waals surface area contributed by atoms with Crippen LogP contribution in [0.2, 0.25) is 0 Å². The molecule has 4 fully saturated rings. The summed E-state index contributed by atoms with van der Waals surface area (Å²) in [4.78, 5) is 0. The van der Waals surface area contributed by atoms with Gasteiger partial charge in [-0.05, 0) is 67.9 Å². The molecule has 0 atom stereocenters. The van der Waals surface area contributed by atoms with Crippen LogP contribution in [0, 0.1) is 17.8 Å². The van der Waals surface area contributed by atoms with Gasteiger partial charge in [0.25, 0.3) is 0 Å². The molecule has 1 N–H and O–H groups in total. The average molecular weight is 270 g/mol. The molecule has 0 spiro atoms. The van der Waals surface area contributed by atoms with Crippen LogP contribution in [0.5, 0.6) is 0 Å². The second-order valence-electron chi connectivity index (χ2n) is 8.19. The highest BCUT2D eigenvalue weighted by Crippen LogP contribution is 2.60. The van der Waals surface area contributed by atoms with Crippen LogP contribution in [0.1, 0.15) is 55.5 Å². The van der Waals surface area contributed by atoms with Crippen molar-refractivity contribution in [2.24, 2.45) is 24.8 Å². The van der Waals surface area contributed by atoms with Gasteiger partial charge in [0, 0.05) is 43.4 Å². The van der Waals surface area contributed by atoms with Crippen molar-refractivity contribution in [2.45, 2.75) is 56.9 Å². The Kier molecular flexibility index (Phi) is 2.32. The first-order valence-corrected chi connectivity index (χ1v) is 8.62. The molecule has 4 bridgehead atoms. The van der Waals surface area contributed by atoms with E-state index in [1.165, 1.54) is 25.7 Å². The van der Waals surface area contributed by atoms with Gasteiger partial charge in [-0.25, -0.2) is 0 Å². The maximum Gasteiger partial charge on any atom is 0.0240 e. The monoisotopic (exact) mass is 270 g/mol. The Morgan fingerprint density at radius 1 is 1.10 bits per heavy atom. The molecule has 0 amide bonds. The summed E-state index contributed by atoms with van der Waals surface area (Å²) in [7, 11) is 2.35. The number of hydrogen-bond acceptors (Lipinski definition) is 1. The van der Waals surface area contributed by atoms with Gasteiger partial charge < -0.3 is 9.88 Å². The van der Waals surface area contributed by atoms with Gasteiger partial charge in [0.15, 0.2) is 0 Å². The van der Waals surface area contributed by atoms with Gasteiger partial charge in [-0.2, -0.15) is 0 Å². The van der Waals surface area contributed by atoms with Crippen molar-refractivity contribution in [3.63, 3.8) is 0 Å². The van der Waals surface area contributed by atoms with Crippen molar-refractivity contribution in [3.05, 3.63) is 23.0 Å². The van der Waals surface area contributed by atoms with E-state index in [0.717, 1.165) is 30.8 Å². The molecule has 5 aliphatic rings. The second-order valence-corrected chi connectivity index (χ2v) is 8.19. The first-order chi connectivity index (χ1) is 9.73. The van der Waals surface area contributed by atoms with Gasteiger partial charge in [-0.3, -0.25) is 0 Å². The van der Waals surface area contributed by atoms with Gasteiger partial charge in [0.1, 0.15) is 0 Å². The molecule has 0 unspecified atom stereocenters. The van der Waals surface area contributed by atoms with E-state index in [1.54, 1.807) is 36.2 Å². The van der Waals surface area contributed by atoms with E-state index in [2.05, 4.69) is 23.0 Å². The predicted octanol–water partition coefficient (Wildman–Crippen LogP) is 3.14. The molecule has 20 heavy (non-hydrogen) atoms. The zero-order chi connectivity index (χ0) is 13.3. The largest absolute Gasteiger partial charge is 0.351 e. The summed E-state index contributed by atoms with van der Waals surface area (Å²) >= 11 is 0. The third kappa shape index (κ3) is 1.49. The Labute approximate surface area is 121 Å². The van der Waals surface area contributed by atoms with Crippen molar-refractivity contribution < 1.29 is 0 Å². The summed E-state index contributed by atoms with van der Waals surface area (Å²) < 4.78 is 2.60. The fourth-order valence-corrected chi connectivity index (χ4v) is 6.55. The van der Waals surface area contributed by atoms with Crippen LogP contribution >= 0.6 is 0 Å². The summed E-state index contributed by atoms with van der Waals surface area (Å²) in [6, 6.07) is 2.58. The quantitative estimate of drug-likeness (QED) is 0.829. The molecular formula is C18H26N2. The number of fused-ring (bicyclic) bond motifs is 1. The lowest BCUT2D eigenvalue weighted by atomic mass is 9.49. The van der Waals surface area contributed by atoms with E-state index in [1.807, 2.05) is 0 Å². The molecule has 0 radical (unpaired) electrons. The van der Waals surface area contributed by atoms with Gasteiger partial charge >= 0.3 is 0 Å². The molecule has 1 aromatic heterocycles. The molecule has 0 saturated heterocycles. The molecule has 2 heterocycles. The van der Waals surface area contributed by atoms with Crippen molar-refractivity contribution in [3.8, 4) is 0 Å². The van der Waals surface area contributed by atoms with Crippen LogP contribution < -0.4 is 5.32 Å². The fraction of sp³-hybridized carbons (Fsp3) is 0.778. The molecule has 4 saturated carbocycles. The third-order valence-corrected chi connectivity index (χ3v) is 6.88. The number of nitrogens with zero attached hydrogens (tertiary/aromatic N) is 1. The Balaban J connectivity index is 1.61. The lowest BCUT2D eigenvalue weighted by molar-refractivity contribution is -0.00850. The topological polar surface area (TPSA) is 17.0 Å².